The molecular weight excluding hydrogens is 1360 g/mol. The Hall–Kier alpha value is -12.6. The van der Waals surface area contributed by atoms with Gasteiger partial charge in [0, 0.05) is 44.9 Å². The Labute approximate surface area is 649 Å². The highest BCUT2D eigenvalue weighted by Crippen LogP contribution is 2.49. The topological polar surface area (TPSA) is 11.4 Å². The lowest BCUT2D eigenvalue weighted by atomic mass is 9.33. The highest BCUT2D eigenvalue weighted by Gasteiger charge is 2.48. The highest BCUT2D eigenvalue weighted by molar-refractivity contribution is 7.20. The Morgan fingerprint density at radius 1 is 0.245 bits per heavy atom. The number of benzene rings is 16. The van der Waals surface area contributed by atoms with Crippen LogP contribution in [0.25, 0.3) is 60.9 Å². The Morgan fingerprint density at radius 2 is 0.591 bits per heavy atom. The van der Waals surface area contributed by atoms with Crippen LogP contribution in [0, 0.1) is 0 Å². The summed E-state index contributed by atoms with van der Waals surface area (Å²) < 4.78 is 2.60. The van der Waals surface area contributed by atoms with E-state index in [1.54, 1.807) is 0 Å². The summed E-state index contributed by atoms with van der Waals surface area (Å²) in [5.41, 5.74) is 23.4. The normalized spacial score (nSPS) is 12.8. The van der Waals surface area contributed by atoms with Crippen molar-refractivity contribution in [2.45, 2.75) is 52.4 Å². The third-order valence-electron chi connectivity index (χ3n) is 23.6. The van der Waals surface area contributed by atoms with Gasteiger partial charge in [0.15, 0.2) is 16.1 Å². The molecule has 0 unspecified atom stereocenters. The van der Waals surface area contributed by atoms with Crippen molar-refractivity contribution in [1.82, 2.24) is 4.57 Å². The predicted molar refractivity (Wildman–Crippen MR) is 476 cm³/mol. The van der Waals surface area contributed by atoms with Crippen molar-refractivity contribution in [1.29, 1.82) is 0 Å². The van der Waals surface area contributed by atoms with Gasteiger partial charge < -0.3 is 14.4 Å². The fourth-order valence-electron chi connectivity index (χ4n) is 18.5. The first-order valence-electron chi connectivity index (χ1n) is 38.7. The zero-order valence-electron chi connectivity index (χ0n) is 63.0. The van der Waals surface area contributed by atoms with E-state index in [-0.39, 0.29) is 17.5 Å². The largest absolute Gasteiger partial charge is 0.311 e. The minimum absolute atomic E-state index is 0.0866. The quantitative estimate of drug-likeness (QED) is 0.0794. The molecule has 0 N–H and O–H groups in total. The first-order chi connectivity index (χ1) is 53.8. The fraction of sp³-hybridized carbons (Fsp3) is 0.0769. The number of nitrogens with zero attached hydrogens (tertiary/aromatic N) is 3. The molecule has 0 saturated carbocycles. The average Bonchev–Trinajstić information content (AvgIpc) is 0.823. The second-order valence-electron chi connectivity index (χ2n) is 31.9. The summed E-state index contributed by atoms with van der Waals surface area (Å²) in [5.74, 6) is 0. The van der Waals surface area contributed by atoms with E-state index in [2.05, 4.69) is 456 Å². The van der Waals surface area contributed by atoms with E-state index in [4.69, 9.17) is 0 Å². The van der Waals surface area contributed by atoms with E-state index in [0.717, 1.165) is 45.4 Å². The standard InChI is InChI=1S/C104H84BN3Si2/c1-103(2,3)76-61-64-95-91(67-76)92-68-77(104(4,5)6)62-65-96(92)108(95)80-71-99-102-100(72-80)107(79-41-34-55-88(70-79)110(84-48-25-12-26-49-84,85-50-27-13-28-51-85)86-52-29-14-30-53-86)98-63-60-75(101-89(73-36-15-7-16-37-73)56-35-57-90(101)74-38-17-8-18-39-74)66-94(98)105(102)93-58-31-32-59-97(93)106(99)78-40-33-54-87(69-78)109(81-42-19-9-20-43-81,82-44-21-10-22-45-82)83-46-23-11-24-47-83/h7-72H,1-6H3. The van der Waals surface area contributed by atoms with Crippen LogP contribution in [0.4, 0.5) is 34.1 Å². The Kier molecular flexibility index (Phi) is 16.9. The molecule has 6 heteroatoms. The summed E-state index contributed by atoms with van der Waals surface area (Å²) in [6, 6.07) is 153. The van der Waals surface area contributed by atoms with Gasteiger partial charge in [-0.05, 0) is 186 Å². The van der Waals surface area contributed by atoms with Crippen molar-refractivity contribution >= 4 is 137 Å². The molecule has 0 aliphatic carbocycles. The van der Waals surface area contributed by atoms with Crippen molar-refractivity contribution in [3.8, 4) is 39.1 Å². The van der Waals surface area contributed by atoms with Crippen LogP contribution in [0.5, 0.6) is 0 Å². The van der Waals surface area contributed by atoms with Crippen LogP contribution in [-0.2, 0) is 10.8 Å². The summed E-state index contributed by atoms with van der Waals surface area (Å²) >= 11 is 0. The summed E-state index contributed by atoms with van der Waals surface area (Å²) in [6.07, 6.45) is 0. The van der Waals surface area contributed by atoms with Gasteiger partial charge in [0.2, 0.25) is 0 Å². The molecule has 19 rings (SSSR count). The highest BCUT2D eigenvalue weighted by atomic mass is 28.3. The van der Waals surface area contributed by atoms with Crippen LogP contribution < -0.4 is 67.7 Å². The Morgan fingerprint density at radius 3 is 0.982 bits per heavy atom. The maximum absolute atomic E-state index is 3.11. The van der Waals surface area contributed by atoms with E-state index >= 15 is 0 Å². The lowest BCUT2D eigenvalue weighted by molar-refractivity contribution is 0.590. The summed E-state index contributed by atoms with van der Waals surface area (Å²) in [4.78, 5) is 5.33. The van der Waals surface area contributed by atoms with Gasteiger partial charge in [-0.3, -0.25) is 0 Å². The van der Waals surface area contributed by atoms with E-state index < -0.39 is 16.1 Å². The third kappa shape index (κ3) is 11.2. The van der Waals surface area contributed by atoms with Crippen molar-refractivity contribution in [2.75, 3.05) is 9.80 Å². The molecule has 0 bridgehead atoms. The lowest BCUT2D eigenvalue weighted by Crippen LogP contribution is -2.74. The maximum atomic E-state index is 2.67. The van der Waals surface area contributed by atoms with Crippen molar-refractivity contribution in [3.63, 3.8) is 0 Å². The molecule has 0 radical (unpaired) electrons. The van der Waals surface area contributed by atoms with Gasteiger partial charge in [-0.15, -0.1) is 0 Å². The van der Waals surface area contributed by atoms with Gasteiger partial charge in [-0.1, -0.05) is 369 Å². The summed E-state index contributed by atoms with van der Waals surface area (Å²) in [6.45, 7) is 13.8. The second-order valence-corrected chi connectivity index (χ2v) is 39.5. The molecule has 17 aromatic rings. The number of hydrogen-bond donors (Lipinski definition) is 0. The van der Waals surface area contributed by atoms with Crippen LogP contribution in [-0.4, -0.2) is 27.4 Å². The van der Waals surface area contributed by atoms with Gasteiger partial charge in [0.05, 0.1) is 16.7 Å². The van der Waals surface area contributed by atoms with Crippen molar-refractivity contribution in [3.05, 3.63) is 412 Å². The van der Waals surface area contributed by atoms with Crippen LogP contribution in [0.3, 0.4) is 0 Å². The maximum Gasteiger partial charge on any atom is 0.252 e. The van der Waals surface area contributed by atoms with Crippen LogP contribution in [0.15, 0.2) is 400 Å². The molecule has 110 heavy (non-hydrogen) atoms. The second kappa shape index (κ2) is 27.3. The molecule has 3 nitrogen and oxygen atoms in total. The Bertz CT molecular complexity index is 5960. The molecule has 0 amide bonds. The van der Waals surface area contributed by atoms with Crippen molar-refractivity contribution in [2.24, 2.45) is 0 Å². The number of aromatic nitrogens is 1. The number of fused-ring (bicyclic) bond motifs is 7. The molecule has 2 aliphatic heterocycles. The molecule has 16 aromatic carbocycles. The molecule has 526 valence electrons. The zero-order valence-corrected chi connectivity index (χ0v) is 65.0. The molecule has 1 aromatic heterocycles. The van der Waals surface area contributed by atoms with Gasteiger partial charge in [-0.25, -0.2) is 0 Å². The van der Waals surface area contributed by atoms with Gasteiger partial charge >= 0.3 is 0 Å². The van der Waals surface area contributed by atoms with Gasteiger partial charge in [0.25, 0.3) is 6.71 Å². The first-order valence-corrected chi connectivity index (χ1v) is 42.7. The zero-order chi connectivity index (χ0) is 74.3. The number of para-hydroxylation sites is 1. The van der Waals surface area contributed by atoms with E-state index in [1.165, 1.54) is 119 Å². The molecule has 2 aliphatic rings. The predicted octanol–water partition coefficient (Wildman–Crippen LogP) is 19.2. The monoisotopic (exact) mass is 1440 g/mol. The fourth-order valence-corrected chi connectivity index (χ4v) is 28.1. The van der Waals surface area contributed by atoms with Crippen LogP contribution in [0.1, 0.15) is 52.7 Å². The lowest BCUT2D eigenvalue weighted by Gasteiger charge is -2.45. The number of anilines is 6. The van der Waals surface area contributed by atoms with Gasteiger partial charge in [0.1, 0.15) is 0 Å². The minimum atomic E-state index is -3.11. The third-order valence-corrected chi connectivity index (χ3v) is 33.1. The van der Waals surface area contributed by atoms with Crippen LogP contribution >= 0.6 is 0 Å². The van der Waals surface area contributed by atoms with Gasteiger partial charge in [-0.2, -0.15) is 0 Å². The summed E-state index contributed by atoms with van der Waals surface area (Å²) in [7, 11) is -6.19. The molecule has 0 spiro atoms. The average molecular weight is 1440 g/mol. The first kappa shape index (κ1) is 68.0. The van der Waals surface area contributed by atoms with Crippen molar-refractivity contribution < 1.29 is 0 Å². The Balaban J connectivity index is 0.956. The molecule has 0 fully saturated rings. The molecule has 0 saturated heterocycles. The van der Waals surface area contributed by atoms with E-state index in [0.29, 0.717) is 0 Å². The molecule has 3 heterocycles. The molecule has 0 atom stereocenters. The smallest absolute Gasteiger partial charge is 0.252 e. The van der Waals surface area contributed by atoms with Crippen LogP contribution in [0.2, 0.25) is 0 Å². The number of hydrogen-bond acceptors (Lipinski definition) is 2. The van der Waals surface area contributed by atoms with E-state index in [1.807, 2.05) is 0 Å². The number of rotatable bonds is 14. The SMILES string of the molecule is CC(C)(C)c1ccc2c(c1)c1cc(C(C)(C)C)ccc1n2-c1cc2c3c(c1)N(c1cccc([Si](c4ccccc4)(c4ccccc4)c4ccccc4)c1)c1ccc(-c4c(-c5ccccc5)cccc4-c4ccccc4)cc1B3c1ccccc1N2c1cccc([Si](c2ccccc2)(c2ccccc2)c2ccccc2)c1. The molecular formula is C104H84BN3Si2. The minimum Gasteiger partial charge on any atom is -0.311 e. The van der Waals surface area contributed by atoms with E-state index in [9.17, 15) is 0 Å². The summed E-state index contributed by atoms with van der Waals surface area (Å²) in [5, 5.41) is 13.1.